The molecule has 0 saturated carbocycles. The van der Waals surface area contributed by atoms with Crippen LogP contribution in [0, 0.1) is 0 Å². The van der Waals surface area contributed by atoms with Crippen LogP contribution in [0.1, 0.15) is 20.3 Å². The lowest BCUT2D eigenvalue weighted by Gasteiger charge is -2.08. The van der Waals surface area contributed by atoms with Crippen LogP contribution in [-0.4, -0.2) is 70.6 Å². The smallest absolute Gasteiger partial charge is 0.333 e. The Morgan fingerprint density at radius 3 is 1.54 bits per heavy atom. The van der Waals surface area contributed by atoms with E-state index >= 15 is 0 Å². The SMILES string of the molecule is C=C(C)C(=O)OCCOCCOCCOCCOC(=O)CC(C)=O. The van der Waals surface area contributed by atoms with Crippen LogP contribution in [0.5, 0.6) is 0 Å². The molecule has 0 heterocycles. The second-order valence-corrected chi connectivity index (χ2v) is 4.85. The lowest BCUT2D eigenvalue weighted by Crippen LogP contribution is -2.16. The Morgan fingerprint density at radius 1 is 0.708 bits per heavy atom. The minimum absolute atomic E-state index is 0.109. The molecule has 0 amide bonds. The fraction of sp³-hybridized carbons (Fsp3) is 0.688. The fourth-order valence-electron chi connectivity index (χ4n) is 1.33. The lowest BCUT2D eigenvalue weighted by atomic mass is 10.3. The highest BCUT2D eigenvalue weighted by atomic mass is 16.6. The Labute approximate surface area is 142 Å². The second-order valence-electron chi connectivity index (χ2n) is 4.85. The van der Waals surface area contributed by atoms with E-state index in [0.717, 1.165) is 0 Å². The van der Waals surface area contributed by atoms with Crippen molar-refractivity contribution in [1.29, 1.82) is 0 Å². The van der Waals surface area contributed by atoms with Crippen molar-refractivity contribution in [2.75, 3.05) is 52.9 Å². The van der Waals surface area contributed by atoms with Gasteiger partial charge in [0.05, 0.1) is 39.6 Å². The van der Waals surface area contributed by atoms with Crippen LogP contribution in [0.15, 0.2) is 12.2 Å². The van der Waals surface area contributed by atoms with Crippen molar-refractivity contribution in [3.05, 3.63) is 12.2 Å². The third-order valence-electron chi connectivity index (χ3n) is 2.44. The number of hydrogen-bond donors (Lipinski definition) is 0. The van der Waals surface area contributed by atoms with E-state index in [1.54, 1.807) is 6.92 Å². The van der Waals surface area contributed by atoms with Crippen molar-refractivity contribution < 1.29 is 38.1 Å². The largest absolute Gasteiger partial charge is 0.463 e. The molecular weight excluding hydrogens is 320 g/mol. The van der Waals surface area contributed by atoms with E-state index < -0.39 is 11.9 Å². The Balaban J connectivity index is 3.20. The highest BCUT2D eigenvalue weighted by Crippen LogP contribution is 1.92. The van der Waals surface area contributed by atoms with Gasteiger partial charge in [0.2, 0.25) is 0 Å². The molecule has 0 spiro atoms. The quantitative estimate of drug-likeness (QED) is 0.185. The molecule has 24 heavy (non-hydrogen) atoms. The van der Waals surface area contributed by atoms with E-state index in [-0.39, 0.29) is 32.0 Å². The van der Waals surface area contributed by atoms with Gasteiger partial charge in [0.25, 0.3) is 0 Å². The van der Waals surface area contributed by atoms with E-state index in [4.69, 9.17) is 23.7 Å². The third kappa shape index (κ3) is 15.1. The molecule has 0 unspecified atom stereocenters. The zero-order valence-corrected chi connectivity index (χ0v) is 14.3. The summed E-state index contributed by atoms with van der Waals surface area (Å²) in [6.07, 6.45) is -0.213. The first-order chi connectivity index (χ1) is 11.4. The van der Waals surface area contributed by atoms with Crippen molar-refractivity contribution >= 4 is 17.7 Å². The van der Waals surface area contributed by atoms with Gasteiger partial charge in [-0.3, -0.25) is 9.59 Å². The van der Waals surface area contributed by atoms with Gasteiger partial charge in [-0.15, -0.1) is 0 Å². The molecule has 0 aliphatic carbocycles. The first kappa shape index (κ1) is 22.2. The normalized spacial score (nSPS) is 10.2. The number of esters is 2. The van der Waals surface area contributed by atoms with Crippen LogP contribution in [-0.2, 0) is 38.1 Å². The van der Waals surface area contributed by atoms with E-state index in [2.05, 4.69) is 6.58 Å². The van der Waals surface area contributed by atoms with Gasteiger partial charge in [-0.05, 0) is 13.8 Å². The average Bonchev–Trinajstić information content (AvgIpc) is 2.50. The molecule has 0 aromatic carbocycles. The number of ether oxygens (including phenoxy) is 5. The molecule has 0 fully saturated rings. The summed E-state index contributed by atoms with van der Waals surface area (Å²) in [6, 6.07) is 0. The Hall–Kier alpha value is -1.77. The molecule has 8 nitrogen and oxygen atoms in total. The number of hydrogen-bond acceptors (Lipinski definition) is 8. The molecule has 138 valence electrons. The minimum Gasteiger partial charge on any atom is -0.463 e. The van der Waals surface area contributed by atoms with E-state index in [1.165, 1.54) is 6.92 Å². The molecule has 0 aromatic heterocycles. The lowest BCUT2D eigenvalue weighted by molar-refractivity contribution is -0.147. The molecule has 0 bridgehead atoms. The monoisotopic (exact) mass is 346 g/mol. The van der Waals surface area contributed by atoms with Gasteiger partial charge >= 0.3 is 11.9 Å². The van der Waals surface area contributed by atoms with Crippen molar-refractivity contribution in [3.63, 3.8) is 0 Å². The van der Waals surface area contributed by atoms with Gasteiger partial charge in [0.15, 0.2) is 0 Å². The number of ketones is 1. The summed E-state index contributed by atoms with van der Waals surface area (Å²) < 4.78 is 25.3. The Kier molecular flexibility index (Phi) is 13.7. The summed E-state index contributed by atoms with van der Waals surface area (Å²) in [5.74, 6) is -1.21. The van der Waals surface area contributed by atoms with Gasteiger partial charge in [-0.2, -0.15) is 0 Å². The molecule has 0 rings (SSSR count). The number of rotatable bonds is 15. The van der Waals surface area contributed by atoms with Gasteiger partial charge in [0.1, 0.15) is 25.4 Å². The summed E-state index contributed by atoms with van der Waals surface area (Å²) in [6.45, 7) is 8.72. The molecule has 0 saturated heterocycles. The summed E-state index contributed by atoms with van der Waals surface area (Å²) >= 11 is 0. The van der Waals surface area contributed by atoms with Crippen molar-refractivity contribution in [2.24, 2.45) is 0 Å². The number of Topliss-reactive ketones (excluding diaryl/α,β-unsaturated/α-hetero) is 1. The van der Waals surface area contributed by atoms with E-state index in [9.17, 15) is 14.4 Å². The standard InChI is InChI=1S/C16H26O8/c1-13(2)16(19)24-11-9-22-7-5-20-4-6-21-8-10-23-15(18)12-14(3)17/h1,4-12H2,2-3H3. The van der Waals surface area contributed by atoms with E-state index in [0.29, 0.717) is 38.6 Å². The molecule has 0 radical (unpaired) electrons. The first-order valence-electron chi connectivity index (χ1n) is 7.64. The maximum absolute atomic E-state index is 11.1. The van der Waals surface area contributed by atoms with Gasteiger partial charge < -0.3 is 23.7 Å². The fourth-order valence-corrected chi connectivity index (χ4v) is 1.33. The van der Waals surface area contributed by atoms with Gasteiger partial charge in [-0.1, -0.05) is 6.58 Å². The third-order valence-corrected chi connectivity index (χ3v) is 2.44. The Morgan fingerprint density at radius 2 is 1.12 bits per heavy atom. The summed E-state index contributed by atoms with van der Waals surface area (Å²) in [4.78, 5) is 32.7. The maximum Gasteiger partial charge on any atom is 0.333 e. The van der Waals surface area contributed by atoms with Crippen LogP contribution < -0.4 is 0 Å². The Bertz CT molecular complexity index is 405. The maximum atomic E-state index is 11.1. The molecule has 0 atom stereocenters. The van der Waals surface area contributed by atoms with Crippen LogP contribution in [0.25, 0.3) is 0 Å². The molecular formula is C16H26O8. The van der Waals surface area contributed by atoms with Crippen LogP contribution in [0.4, 0.5) is 0 Å². The molecule has 8 heteroatoms. The average molecular weight is 346 g/mol. The summed E-state index contributed by atoms with van der Waals surface area (Å²) in [5, 5.41) is 0. The van der Waals surface area contributed by atoms with Crippen molar-refractivity contribution in [3.8, 4) is 0 Å². The molecule has 0 N–H and O–H groups in total. The molecule has 0 aliphatic heterocycles. The van der Waals surface area contributed by atoms with Gasteiger partial charge in [-0.25, -0.2) is 4.79 Å². The van der Waals surface area contributed by atoms with Crippen LogP contribution >= 0.6 is 0 Å². The highest BCUT2D eigenvalue weighted by Gasteiger charge is 2.05. The zero-order chi connectivity index (χ0) is 18.2. The van der Waals surface area contributed by atoms with Crippen LogP contribution in [0.3, 0.4) is 0 Å². The first-order valence-corrected chi connectivity index (χ1v) is 7.64. The number of carbonyl (C=O) groups is 3. The highest BCUT2D eigenvalue weighted by molar-refractivity contribution is 5.94. The predicted molar refractivity (Wildman–Crippen MR) is 84.5 cm³/mol. The summed E-state index contributed by atoms with van der Waals surface area (Å²) in [7, 11) is 0. The molecule has 0 aromatic rings. The molecule has 0 aliphatic rings. The van der Waals surface area contributed by atoms with Crippen molar-refractivity contribution in [1.82, 2.24) is 0 Å². The van der Waals surface area contributed by atoms with Crippen molar-refractivity contribution in [2.45, 2.75) is 20.3 Å². The van der Waals surface area contributed by atoms with Crippen LogP contribution in [0.2, 0.25) is 0 Å². The van der Waals surface area contributed by atoms with E-state index in [1.807, 2.05) is 0 Å². The zero-order valence-electron chi connectivity index (χ0n) is 14.3. The number of carbonyl (C=O) groups excluding carboxylic acids is 3. The van der Waals surface area contributed by atoms with Gasteiger partial charge in [0, 0.05) is 5.57 Å². The summed E-state index contributed by atoms with van der Waals surface area (Å²) in [5.41, 5.74) is 0.354. The predicted octanol–water partition coefficient (Wildman–Crippen LogP) is 0.678. The second kappa shape index (κ2) is 14.8. The topological polar surface area (TPSA) is 97.4 Å². The minimum atomic E-state index is -0.548.